The highest BCUT2D eigenvalue weighted by atomic mass is 28.4. The second-order valence-electron chi connectivity index (χ2n) is 15.6. The lowest BCUT2D eigenvalue weighted by molar-refractivity contribution is -0.151. The van der Waals surface area contributed by atoms with Crippen LogP contribution in [0, 0.1) is 5.92 Å². The molecular formula is C43H46FN3O6Si. The van der Waals surface area contributed by atoms with Gasteiger partial charge < -0.3 is 28.5 Å². The molecule has 54 heavy (non-hydrogen) atoms. The van der Waals surface area contributed by atoms with E-state index in [1.54, 1.807) is 47.0 Å². The second kappa shape index (κ2) is 13.8. The lowest BCUT2D eigenvalue weighted by atomic mass is 9.82. The molecule has 5 atom stereocenters. The summed E-state index contributed by atoms with van der Waals surface area (Å²) in [6.45, 7) is 5.45. The van der Waals surface area contributed by atoms with E-state index in [1.165, 1.54) is 0 Å². The van der Waals surface area contributed by atoms with Gasteiger partial charge in [0.05, 0.1) is 50.2 Å². The Morgan fingerprint density at radius 2 is 1.69 bits per heavy atom. The Hall–Kier alpha value is -4.84. The zero-order chi connectivity index (χ0) is 37.9. The molecule has 1 spiro atoms. The lowest BCUT2D eigenvalue weighted by Crippen LogP contribution is -2.48. The van der Waals surface area contributed by atoms with Crippen LogP contribution in [0.4, 0.5) is 21.2 Å². The smallest absolute Gasteiger partial charge is 0.264 e. The molecule has 1 N–H and O–H groups in total. The Bertz CT molecular complexity index is 2140. The zero-order valence-electron chi connectivity index (χ0n) is 31.1. The Labute approximate surface area is 316 Å². The summed E-state index contributed by atoms with van der Waals surface area (Å²) in [5.74, 6) is -0.610. The van der Waals surface area contributed by atoms with Crippen LogP contribution in [-0.4, -0.2) is 62.0 Å². The van der Waals surface area contributed by atoms with Crippen LogP contribution in [0.2, 0.25) is 18.6 Å². The molecule has 1 saturated heterocycles. The average molecular weight is 748 g/mol. The molecule has 0 saturated carbocycles. The number of aliphatic hydroxyl groups is 1. The summed E-state index contributed by atoms with van der Waals surface area (Å²) < 4.78 is 29.2. The number of amides is 3. The summed E-state index contributed by atoms with van der Waals surface area (Å²) in [6.07, 6.45) is 0.636. The van der Waals surface area contributed by atoms with Gasteiger partial charge in [0.15, 0.2) is 5.60 Å². The molecule has 0 aliphatic carbocycles. The van der Waals surface area contributed by atoms with E-state index in [4.69, 9.17) is 9.47 Å². The first-order chi connectivity index (χ1) is 25.9. The van der Waals surface area contributed by atoms with Crippen LogP contribution in [0.15, 0.2) is 91.0 Å². The maximum absolute atomic E-state index is 16.6. The van der Waals surface area contributed by atoms with Crippen molar-refractivity contribution < 1.29 is 33.1 Å². The van der Waals surface area contributed by atoms with Crippen molar-refractivity contribution in [3.63, 3.8) is 0 Å². The average Bonchev–Trinajstić information content (AvgIpc) is 3.59. The normalized spacial score (nSPS) is 24.8. The van der Waals surface area contributed by atoms with Gasteiger partial charge in [0.1, 0.15) is 5.75 Å². The summed E-state index contributed by atoms with van der Waals surface area (Å²) in [6, 6.07) is 28.5. The number of para-hydroxylation sites is 1. The topological polar surface area (TPSA) is 99.6 Å². The van der Waals surface area contributed by atoms with Crippen LogP contribution in [0.1, 0.15) is 47.6 Å². The van der Waals surface area contributed by atoms with Gasteiger partial charge >= 0.3 is 0 Å². The first-order valence-corrected chi connectivity index (χ1v) is 21.7. The molecular weight excluding hydrogens is 702 g/mol. The van der Waals surface area contributed by atoms with Crippen molar-refractivity contribution in [1.82, 2.24) is 4.90 Å². The fourth-order valence-electron chi connectivity index (χ4n) is 9.53. The number of hydrogen-bond acceptors (Lipinski definition) is 6. The summed E-state index contributed by atoms with van der Waals surface area (Å²) >= 11 is 0. The minimum atomic E-state index is -3.56. The minimum absolute atomic E-state index is 0.0105. The van der Waals surface area contributed by atoms with E-state index in [-0.39, 0.29) is 37.3 Å². The van der Waals surface area contributed by atoms with Gasteiger partial charge in [-0.1, -0.05) is 61.5 Å². The molecule has 11 heteroatoms. The lowest BCUT2D eigenvalue weighted by Gasteiger charge is -2.37. The first-order valence-electron chi connectivity index (χ1n) is 18.8. The molecule has 4 aliphatic heterocycles. The van der Waals surface area contributed by atoms with Gasteiger partial charge in [-0.05, 0) is 84.6 Å². The van der Waals surface area contributed by atoms with Crippen LogP contribution >= 0.6 is 0 Å². The fraction of sp³-hybridized carbons (Fsp3) is 0.372. The Kier molecular flexibility index (Phi) is 9.22. The molecule has 0 aromatic heterocycles. The van der Waals surface area contributed by atoms with Crippen LogP contribution in [0.3, 0.4) is 0 Å². The number of ether oxygens (including phenoxy) is 2. The predicted molar refractivity (Wildman–Crippen MR) is 207 cm³/mol. The van der Waals surface area contributed by atoms with E-state index in [2.05, 4.69) is 0 Å². The number of fused-ring (bicyclic) bond motifs is 4. The third kappa shape index (κ3) is 5.93. The Morgan fingerprint density at radius 1 is 0.944 bits per heavy atom. The number of rotatable bonds is 8. The highest BCUT2D eigenvalue weighted by Gasteiger charge is 2.67. The van der Waals surface area contributed by atoms with Crippen LogP contribution in [0.5, 0.6) is 5.75 Å². The van der Waals surface area contributed by atoms with Gasteiger partial charge in [-0.25, -0.2) is 0 Å². The monoisotopic (exact) mass is 747 g/mol. The van der Waals surface area contributed by atoms with Crippen molar-refractivity contribution in [2.45, 2.75) is 82.1 Å². The highest BCUT2D eigenvalue weighted by Crippen LogP contribution is 2.61. The van der Waals surface area contributed by atoms with Gasteiger partial charge in [0.2, 0.25) is 20.2 Å². The van der Waals surface area contributed by atoms with E-state index in [9.17, 15) is 14.7 Å². The predicted octanol–water partition coefficient (Wildman–Crippen LogP) is 6.96. The van der Waals surface area contributed by atoms with Crippen LogP contribution < -0.4 is 14.5 Å². The molecule has 9 nitrogen and oxygen atoms in total. The van der Waals surface area contributed by atoms with Crippen molar-refractivity contribution in [2.24, 2.45) is 5.92 Å². The number of anilines is 3. The van der Waals surface area contributed by atoms with E-state index < -0.39 is 37.6 Å². The highest BCUT2D eigenvalue weighted by molar-refractivity contribution is 6.72. The van der Waals surface area contributed by atoms with Gasteiger partial charge in [-0.15, -0.1) is 0 Å². The molecule has 4 aromatic rings. The number of benzene rings is 4. The number of carbonyl (C=O) groups excluding carboxylic acids is 3. The van der Waals surface area contributed by atoms with Crippen molar-refractivity contribution in [1.29, 1.82) is 0 Å². The molecule has 0 radical (unpaired) electrons. The number of methoxy groups -OCH3 is 1. The van der Waals surface area contributed by atoms with Crippen molar-refractivity contribution in [3.8, 4) is 5.75 Å². The van der Waals surface area contributed by atoms with Crippen molar-refractivity contribution in [3.05, 3.63) is 119 Å². The molecule has 4 aliphatic rings. The van der Waals surface area contributed by atoms with Gasteiger partial charge in [0.25, 0.3) is 5.91 Å². The third-order valence-electron chi connectivity index (χ3n) is 12.0. The summed E-state index contributed by atoms with van der Waals surface area (Å²) in [7, 11) is -2.00. The molecule has 0 bridgehead atoms. The Morgan fingerprint density at radius 3 is 2.43 bits per heavy atom. The molecule has 280 valence electrons. The van der Waals surface area contributed by atoms with Gasteiger partial charge in [-0.2, -0.15) is 0 Å². The van der Waals surface area contributed by atoms with E-state index >= 15 is 8.90 Å². The van der Waals surface area contributed by atoms with Crippen LogP contribution in [0.25, 0.3) is 0 Å². The standard InChI is InChI=1S/C43H46FN3O6Si/c1-27-41(54(3,4)44)38(23-40(50)45-25-31-13-6-5-12-30(31)21-33(45)26-48)53-43(27)35-22-34(52-2)17-18-37(35)46(42(43)51)24-28-10-9-14-32(20-28)47-36-15-8-7-11-29(36)16-19-39(47)49/h5-15,17-18,20,22,27,33,38,41,48H,16,19,21,23-26H2,1-4H3/t27-,33+,38+,41-,43+/m1/s1. The maximum Gasteiger partial charge on any atom is 0.264 e. The molecule has 1 fully saturated rings. The van der Waals surface area contributed by atoms with E-state index in [0.717, 1.165) is 33.6 Å². The number of aryl methyl sites for hydroxylation is 1. The van der Waals surface area contributed by atoms with Crippen molar-refractivity contribution in [2.75, 3.05) is 23.5 Å². The SMILES string of the molecule is COc1ccc2c(c1)[C@]1(O[C@@H](CC(=O)N3Cc4ccccc4C[C@H]3CO)[C@H]([Si](C)(C)F)[C@H]1C)C(=O)N2Cc1cccc(N2C(=O)CCc3ccccc32)c1. The van der Waals surface area contributed by atoms with Crippen molar-refractivity contribution >= 4 is 43.2 Å². The molecule has 8 rings (SSSR count). The van der Waals surface area contributed by atoms with E-state index in [1.807, 2.05) is 85.8 Å². The summed E-state index contributed by atoms with van der Waals surface area (Å²) in [5, 5.41) is 10.3. The maximum atomic E-state index is 16.6. The van der Waals surface area contributed by atoms with E-state index in [0.29, 0.717) is 42.8 Å². The molecule has 0 unspecified atom stereocenters. The number of nitrogens with zero attached hydrogens (tertiary/aromatic N) is 3. The quantitative estimate of drug-likeness (QED) is 0.155. The summed E-state index contributed by atoms with van der Waals surface area (Å²) in [4.78, 5) is 47.7. The minimum Gasteiger partial charge on any atom is -0.497 e. The number of hydrogen-bond donors (Lipinski definition) is 1. The second-order valence-corrected chi connectivity index (χ2v) is 19.4. The molecule has 3 amide bonds. The van der Waals surface area contributed by atoms with Crippen LogP contribution in [-0.2, 0) is 50.7 Å². The number of aliphatic hydroxyl groups excluding tert-OH is 1. The number of halogens is 1. The fourth-order valence-corrected chi connectivity index (χ4v) is 12.0. The largest absolute Gasteiger partial charge is 0.497 e. The number of carbonyl (C=O) groups is 3. The summed E-state index contributed by atoms with van der Waals surface area (Å²) in [5.41, 5.74) is 4.60. The third-order valence-corrected chi connectivity index (χ3v) is 14.5. The Balaban J connectivity index is 1.13. The molecule has 4 heterocycles. The van der Waals surface area contributed by atoms with Gasteiger partial charge in [-0.3, -0.25) is 19.3 Å². The molecule has 4 aromatic carbocycles. The first kappa shape index (κ1) is 36.1. The van der Waals surface area contributed by atoms with Gasteiger partial charge in [0, 0.05) is 35.7 Å². The zero-order valence-corrected chi connectivity index (χ0v) is 32.1.